The molecule has 4 heteroatoms. The van der Waals surface area contributed by atoms with Crippen molar-refractivity contribution >= 4 is 5.91 Å². The maximum atomic E-state index is 11.7. The van der Waals surface area contributed by atoms with E-state index in [1.54, 1.807) is 0 Å². The lowest BCUT2D eigenvalue weighted by atomic mass is 10.0. The van der Waals surface area contributed by atoms with Crippen molar-refractivity contribution in [2.75, 3.05) is 26.7 Å². The van der Waals surface area contributed by atoms with Crippen LogP contribution in [0.5, 0.6) is 0 Å². The highest BCUT2D eigenvalue weighted by molar-refractivity contribution is 5.76. The van der Waals surface area contributed by atoms with Gasteiger partial charge in [-0.25, -0.2) is 0 Å². The molecule has 0 saturated carbocycles. The largest absolute Gasteiger partial charge is 0.354 e. The number of likely N-dealkylation sites (tertiary alicyclic amines) is 1. The molecule has 4 nitrogen and oxygen atoms in total. The van der Waals surface area contributed by atoms with Crippen LogP contribution in [-0.4, -0.2) is 49.6 Å². The first kappa shape index (κ1) is 14.5. The van der Waals surface area contributed by atoms with Crippen molar-refractivity contribution in [3.63, 3.8) is 0 Å². The summed E-state index contributed by atoms with van der Waals surface area (Å²) in [6.45, 7) is 6.99. The topological polar surface area (TPSA) is 44.4 Å². The van der Waals surface area contributed by atoms with E-state index in [0.717, 1.165) is 19.6 Å². The Labute approximate surface area is 105 Å². The normalized spacial score (nSPS) is 23.4. The minimum atomic E-state index is 0.164. The van der Waals surface area contributed by atoms with E-state index in [0.29, 0.717) is 12.5 Å². The smallest absolute Gasteiger partial charge is 0.221 e. The molecule has 1 saturated heterocycles. The SMILES string of the molecule is CCNC(C)CC(=O)NCC1CCCCN1C. The van der Waals surface area contributed by atoms with Crippen LogP contribution in [-0.2, 0) is 4.79 Å². The zero-order chi connectivity index (χ0) is 12.7. The van der Waals surface area contributed by atoms with Crippen molar-refractivity contribution in [3.8, 4) is 0 Å². The second-order valence-electron chi connectivity index (χ2n) is 5.10. The van der Waals surface area contributed by atoms with Gasteiger partial charge in [-0.3, -0.25) is 4.79 Å². The van der Waals surface area contributed by atoms with Crippen LogP contribution in [0.15, 0.2) is 0 Å². The second kappa shape index (κ2) is 7.67. The van der Waals surface area contributed by atoms with Gasteiger partial charge in [0, 0.05) is 25.0 Å². The maximum absolute atomic E-state index is 11.7. The molecule has 100 valence electrons. The van der Waals surface area contributed by atoms with Gasteiger partial charge in [0.25, 0.3) is 0 Å². The molecule has 1 aliphatic heterocycles. The average Bonchev–Trinajstić information content (AvgIpc) is 2.28. The first-order chi connectivity index (χ1) is 8.13. The van der Waals surface area contributed by atoms with Crippen molar-refractivity contribution in [2.24, 2.45) is 0 Å². The van der Waals surface area contributed by atoms with Crippen LogP contribution >= 0.6 is 0 Å². The summed E-state index contributed by atoms with van der Waals surface area (Å²) < 4.78 is 0. The molecule has 1 heterocycles. The van der Waals surface area contributed by atoms with E-state index in [1.807, 2.05) is 0 Å². The van der Waals surface area contributed by atoms with Crippen molar-refractivity contribution in [2.45, 2.75) is 51.6 Å². The standard InChI is InChI=1S/C13H27N3O/c1-4-14-11(2)9-13(17)15-10-12-7-5-6-8-16(12)3/h11-12,14H,4-10H2,1-3H3,(H,15,17). The number of amides is 1. The quantitative estimate of drug-likeness (QED) is 0.728. The number of hydrogen-bond donors (Lipinski definition) is 2. The fraction of sp³-hybridized carbons (Fsp3) is 0.923. The van der Waals surface area contributed by atoms with Crippen molar-refractivity contribution < 1.29 is 4.79 Å². The van der Waals surface area contributed by atoms with E-state index < -0.39 is 0 Å². The number of carbonyl (C=O) groups is 1. The fourth-order valence-corrected chi connectivity index (χ4v) is 2.40. The Bertz CT molecular complexity index is 233. The fourth-order valence-electron chi connectivity index (χ4n) is 2.40. The van der Waals surface area contributed by atoms with Crippen LogP contribution in [0, 0.1) is 0 Å². The van der Waals surface area contributed by atoms with E-state index in [2.05, 4.69) is 36.4 Å². The highest BCUT2D eigenvalue weighted by Gasteiger charge is 2.19. The van der Waals surface area contributed by atoms with Gasteiger partial charge in [0.05, 0.1) is 0 Å². The third-order valence-electron chi connectivity index (χ3n) is 3.50. The third kappa shape index (κ3) is 5.50. The number of carbonyl (C=O) groups excluding carboxylic acids is 1. The minimum Gasteiger partial charge on any atom is -0.354 e. The van der Waals surface area contributed by atoms with E-state index in [4.69, 9.17) is 0 Å². The first-order valence-electron chi connectivity index (χ1n) is 6.83. The summed E-state index contributed by atoms with van der Waals surface area (Å²) in [5.41, 5.74) is 0. The number of rotatable bonds is 6. The van der Waals surface area contributed by atoms with Gasteiger partial charge in [-0.15, -0.1) is 0 Å². The van der Waals surface area contributed by atoms with Crippen molar-refractivity contribution in [1.29, 1.82) is 0 Å². The average molecular weight is 241 g/mol. The van der Waals surface area contributed by atoms with Crippen LogP contribution in [0.25, 0.3) is 0 Å². The van der Waals surface area contributed by atoms with Crippen LogP contribution in [0.2, 0.25) is 0 Å². The minimum absolute atomic E-state index is 0.164. The van der Waals surface area contributed by atoms with Gasteiger partial charge in [0.2, 0.25) is 5.91 Å². The van der Waals surface area contributed by atoms with E-state index in [-0.39, 0.29) is 11.9 Å². The summed E-state index contributed by atoms with van der Waals surface area (Å²) in [6.07, 6.45) is 4.36. The summed E-state index contributed by atoms with van der Waals surface area (Å²) in [5.74, 6) is 0.164. The summed E-state index contributed by atoms with van der Waals surface area (Å²) >= 11 is 0. The number of likely N-dealkylation sites (N-methyl/N-ethyl adjacent to an activating group) is 1. The molecule has 1 aliphatic rings. The Hall–Kier alpha value is -0.610. The lowest BCUT2D eigenvalue weighted by Gasteiger charge is -2.32. The number of hydrogen-bond acceptors (Lipinski definition) is 3. The summed E-state index contributed by atoms with van der Waals surface area (Å²) in [4.78, 5) is 14.1. The molecule has 0 aliphatic carbocycles. The zero-order valence-corrected chi connectivity index (χ0v) is 11.5. The van der Waals surface area contributed by atoms with Gasteiger partial charge in [0.15, 0.2) is 0 Å². The monoisotopic (exact) mass is 241 g/mol. The predicted octanol–water partition coefficient (Wildman–Crippen LogP) is 0.975. The van der Waals surface area contributed by atoms with Crippen LogP contribution in [0.1, 0.15) is 39.5 Å². The van der Waals surface area contributed by atoms with Gasteiger partial charge in [-0.1, -0.05) is 13.3 Å². The maximum Gasteiger partial charge on any atom is 0.221 e. The van der Waals surface area contributed by atoms with Crippen LogP contribution in [0.3, 0.4) is 0 Å². The van der Waals surface area contributed by atoms with Gasteiger partial charge in [-0.05, 0) is 39.9 Å². The highest BCUT2D eigenvalue weighted by Crippen LogP contribution is 2.13. The summed E-state index contributed by atoms with van der Waals surface area (Å²) in [7, 11) is 2.15. The van der Waals surface area contributed by atoms with Crippen LogP contribution < -0.4 is 10.6 Å². The molecule has 17 heavy (non-hydrogen) atoms. The number of piperidine rings is 1. The van der Waals surface area contributed by atoms with Crippen molar-refractivity contribution in [3.05, 3.63) is 0 Å². The molecule has 0 spiro atoms. The molecule has 2 atom stereocenters. The zero-order valence-electron chi connectivity index (χ0n) is 11.5. The molecule has 1 amide bonds. The lowest BCUT2D eigenvalue weighted by Crippen LogP contribution is -2.45. The van der Waals surface area contributed by atoms with E-state index in [9.17, 15) is 4.79 Å². The van der Waals surface area contributed by atoms with E-state index >= 15 is 0 Å². The van der Waals surface area contributed by atoms with Gasteiger partial charge in [0.1, 0.15) is 0 Å². The second-order valence-corrected chi connectivity index (χ2v) is 5.10. The molecule has 0 aromatic rings. The van der Waals surface area contributed by atoms with Crippen LogP contribution in [0.4, 0.5) is 0 Å². The Balaban J connectivity index is 2.18. The van der Waals surface area contributed by atoms with Gasteiger partial charge in [-0.2, -0.15) is 0 Å². The first-order valence-corrected chi connectivity index (χ1v) is 6.83. The molecule has 1 fully saturated rings. The third-order valence-corrected chi connectivity index (χ3v) is 3.50. The molecular weight excluding hydrogens is 214 g/mol. The van der Waals surface area contributed by atoms with Crippen molar-refractivity contribution in [1.82, 2.24) is 15.5 Å². The number of nitrogens with zero attached hydrogens (tertiary/aromatic N) is 1. The molecule has 0 radical (unpaired) electrons. The molecule has 1 rings (SSSR count). The molecular formula is C13H27N3O. The Morgan fingerprint density at radius 3 is 2.88 bits per heavy atom. The highest BCUT2D eigenvalue weighted by atomic mass is 16.1. The molecule has 2 unspecified atom stereocenters. The Morgan fingerprint density at radius 2 is 2.24 bits per heavy atom. The molecule has 0 bridgehead atoms. The molecule has 2 N–H and O–H groups in total. The van der Waals surface area contributed by atoms with E-state index in [1.165, 1.54) is 19.3 Å². The van der Waals surface area contributed by atoms with Gasteiger partial charge < -0.3 is 15.5 Å². The van der Waals surface area contributed by atoms with Gasteiger partial charge >= 0.3 is 0 Å². The number of nitrogens with one attached hydrogen (secondary N) is 2. The molecule has 0 aromatic heterocycles. The molecule has 0 aromatic carbocycles. The predicted molar refractivity (Wildman–Crippen MR) is 71.0 cm³/mol. The Morgan fingerprint density at radius 1 is 1.47 bits per heavy atom. The summed E-state index contributed by atoms with van der Waals surface area (Å²) in [6, 6.07) is 0.797. The Kier molecular flexibility index (Phi) is 6.52. The lowest BCUT2D eigenvalue weighted by molar-refractivity contribution is -0.121. The summed E-state index contributed by atoms with van der Waals surface area (Å²) in [5, 5.41) is 6.30.